The maximum Gasteiger partial charge on any atom is 0.0731 e. The van der Waals surface area contributed by atoms with Gasteiger partial charge < -0.3 is 4.90 Å². The van der Waals surface area contributed by atoms with E-state index in [-0.39, 0.29) is 0 Å². The quantitative estimate of drug-likeness (QED) is 0.170. The molecule has 0 heterocycles. The molecule has 0 bridgehead atoms. The second-order valence-electron chi connectivity index (χ2n) is 15.6. The van der Waals surface area contributed by atoms with Crippen LogP contribution in [0, 0.1) is 0 Å². The van der Waals surface area contributed by atoms with Gasteiger partial charge in [-0.2, -0.15) is 0 Å². The summed E-state index contributed by atoms with van der Waals surface area (Å²) in [7, 11) is 0. The zero-order valence-corrected chi connectivity index (χ0v) is 31.8. The molecule has 0 radical (unpaired) electrons. The lowest BCUT2D eigenvalue weighted by Crippen LogP contribution is -2.26. The Labute approximate surface area is 338 Å². The summed E-state index contributed by atoms with van der Waals surface area (Å²) in [5.74, 6) is 0. The molecule has 58 heavy (non-hydrogen) atoms. The lowest BCUT2D eigenvalue weighted by molar-refractivity contribution is 0.796. The molecule has 0 atom stereocenters. The highest BCUT2D eigenvalue weighted by atomic mass is 15.1. The molecule has 2 aliphatic carbocycles. The normalized spacial score (nSPS) is 13.0. The number of fused-ring (bicyclic) bond motifs is 12. The highest BCUT2D eigenvalue weighted by Gasteiger charge is 2.52. The largest absolute Gasteiger partial charge is 0.310 e. The van der Waals surface area contributed by atoms with E-state index in [0.717, 1.165) is 17.1 Å². The Kier molecular flexibility index (Phi) is 7.21. The van der Waals surface area contributed by atoms with E-state index in [0.29, 0.717) is 0 Å². The number of nitrogens with zero attached hydrogens (tertiary/aromatic N) is 1. The average Bonchev–Trinajstić information content (AvgIpc) is 3.77. The number of anilines is 3. The molecule has 0 unspecified atom stereocenters. The minimum Gasteiger partial charge on any atom is -0.310 e. The Hall–Kier alpha value is -7.48. The lowest BCUT2D eigenvalue weighted by Gasteiger charge is -2.32. The number of rotatable bonds is 5. The molecule has 2 aliphatic rings. The summed E-state index contributed by atoms with van der Waals surface area (Å²) < 4.78 is 0. The SMILES string of the molecule is c1ccc2c(c1)-c1ccccc1C21c2ccccc2-c2cccc(-c3ccc(N(c4ccc(-c5cccc6ccccc56)cc4)c4cccc5ccccc45)cc3)c21. The fourth-order valence-electron chi connectivity index (χ4n) is 10.3. The van der Waals surface area contributed by atoms with Crippen LogP contribution in [-0.4, -0.2) is 0 Å². The van der Waals surface area contributed by atoms with Crippen LogP contribution >= 0.6 is 0 Å². The third-order valence-electron chi connectivity index (χ3n) is 12.7. The summed E-state index contributed by atoms with van der Waals surface area (Å²) in [5, 5.41) is 4.95. The van der Waals surface area contributed by atoms with Gasteiger partial charge in [-0.15, -0.1) is 0 Å². The van der Waals surface area contributed by atoms with Crippen molar-refractivity contribution in [3.05, 3.63) is 247 Å². The molecule has 0 saturated heterocycles. The summed E-state index contributed by atoms with van der Waals surface area (Å²) in [6, 6.07) is 82.9. The highest BCUT2D eigenvalue weighted by Crippen LogP contribution is 2.64. The molecule has 0 fully saturated rings. The van der Waals surface area contributed by atoms with E-state index in [1.165, 1.54) is 88.3 Å². The van der Waals surface area contributed by atoms with Gasteiger partial charge in [0.2, 0.25) is 0 Å². The number of hydrogen-bond donors (Lipinski definition) is 0. The van der Waals surface area contributed by atoms with Crippen molar-refractivity contribution >= 4 is 38.6 Å². The Morgan fingerprint density at radius 2 is 0.672 bits per heavy atom. The van der Waals surface area contributed by atoms with Crippen LogP contribution in [0.3, 0.4) is 0 Å². The fraction of sp³-hybridized carbons (Fsp3) is 0.0175. The molecule has 0 saturated carbocycles. The first-order valence-corrected chi connectivity index (χ1v) is 20.2. The number of hydrogen-bond acceptors (Lipinski definition) is 1. The van der Waals surface area contributed by atoms with Crippen molar-refractivity contribution in [1.29, 1.82) is 0 Å². The Bertz CT molecular complexity index is 3150. The smallest absolute Gasteiger partial charge is 0.0731 e. The van der Waals surface area contributed by atoms with E-state index in [1.807, 2.05) is 0 Å². The predicted octanol–water partition coefficient (Wildman–Crippen LogP) is 15.1. The van der Waals surface area contributed by atoms with Crippen LogP contribution in [0.2, 0.25) is 0 Å². The van der Waals surface area contributed by atoms with Crippen LogP contribution in [0.1, 0.15) is 22.3 Å². The first-order valence-electron chi connectivity index (χ1n) is 20.2. The van der Waals surface area contributed by atoms with Gasteiger partial charge in [0.05, 0.1) is 11.1 Å². The Morgan fingerprint density at radius 1 is 0.276 bits per heavy atom. The van der Waals surface area contributed by atoms with E-state index in [9.17, 15) is 0 Å². The van der Waals surface area contributed by atoms with Crippen LogP contribution in [0.5, 0.6) is 0 Å². The highest BCUT2D eigenvalue weighted by molar-refractivity contribution is 6.02. The predicted molar refractivity (Wildman–Crippen MR) is 243 cm³/mol. The molecular formula is C57H37N. The van der Waals surface area contributed by atoms with Crippen molar-refractivity contribution in [3.63, 3.8) is 0 Å². The monoisotopic (exact) mass is 735 g/mol. The molecule has 0 amide bonds. The lowest BCUT2D eigenvalue weighted by atomic mass is 9.68. The van der Waals surface area contributed by atoms with Gasteiger partial charge in [-0.3, -0.25) is 0 Å². The van der Waals surface area contributed by atoms with Crippen molar-refractivity contribution in [3.8, 4) is 44.5 Å². The van der Waals surface area contributed by atoms with Crippen LogP contribution < -0.4 is 4.90 Å². The van der Waals surface area contributed by atoms with Crippen molar-refractivity contribution < 1.29 is 0 Å². The van der Waals surface area contributed by atoms with Gasteiger partial charge in [0.15, 0.2) is 0 Å². The first kappa shape index (κ1) is 32.7. The second kappa shape index (κ2) is 12.8. The molecule has 270 valence electrons. The van der Waals surface area contributed by atoms with Crippen molar-refractivity contribution in [2.24, 2.45) is 0 Å². The van der Waals surface area contributed by atoms with Crippen LogP contribution in [-0.2, 0) is 5.41 Å². The second-order valence-corrected chi connectivity index (χ2v) is 15.6. The summed E-state index contributed by atoms with van der Waals surface area (Å²) in [6.45, 7) is 0. The molecule has 0 aliphatic heterocycles. The minimum atomic E-state index is -0.408. The zero-order valence-electron chi connectivity index (χ0n) is 31.8. The van der Waals surface area contributed by atoms with E-state index in [2.05, 4.69) is 229 Å². The molecular weight excluding hydrogens is 699 g/mol. The van der Waals surface area contributed by atoms with Crippen molar-refractivity contribution in [2.75, 3.05) is 4.90 Å². The summed E-state index contributed by atoms with van der Waals surface area (Å²) in [6.07, 6.45) is 0. The van der Waals surface area contributed by atoms with Crippen LogP contribution in [0.4, 0.5) is 17.1 Å². The third-order valence-corrected chi connectivity index (χ3v) is 12.7. The summed E-state index contributed by atoms with van der Waals surface area (Å²) in [5.41, 5.74) is 18.6. The first-order chi connectivity index (χ1) is 28.8. The third kappa shape index (κ3) is 4.65. The van der Waals surface area contributed by atoms with Gasteiger partial charge in [0, 0.05) is 16.8 Å². The number of benzene rings is 10. The zero-order chi connectivity index (χ0) is 38.2. The molecule has 10 aromatic carbocycles. The molecule has 1 heteroatoms. The van der Waals surface area contributed by atoms with E-state index >= 15 is 0 Å². The molecule has 12 rings (SSSR count). The van der Waals surface area contributed by atoms with Gasteiger partial charge in [0.1, 0.15) is 0 Å². The minimum absolute atomic E-state index is 0.408. The van der Waals surface area contributed by atoms with Gasteiger partial charge in [-0.05, 0) is 113 Å². The van der Waals surface area contributed by atoms with Gasteiger partial charge in [0.25, 0.3) is 0 Å². The van der Waals surface area contributed by atoms with Gasteiger partial charge in [-0.1, -0.05) is 194 Å². The standard InChI is InChI=1S/C57H37N/c1-3-18-44-38(14-1)16-11-23-45(44)40-30-34-42(35-31-40)58(55-29-12-17-39-15-2-4-19-46(39)55)43-36-32-41(33-37-43)47-24-13-25-51-50-22-7-10-28-54(50)57(56(47)51)52-26-8-5-20-48(52)49-21-6-9-27-53(49)57/h1-37H. The maximum absolute atomic E-state index is 2.41. The Morgan fingerprint density at radius 3 is 1.29 bits per heavy atom. The van der Waals surface area contributed by atoms with E-state index < -0.39 is 5.41 Å². The molecule has 1 nitrogen and oxygen atoms in total. The van der Waals surface area contributed by atoms with E-state index in [4.69, 9.17) is 0 Å². The molecule has 1 spiro atoms. The average molecular weight is 736 g/mol. The van der Waals surface area contributed by atoms with Gasteiger partial charge in [-0.25, -0.2) is 0 Å². The molecule has 0 N–H and O–H groups in total. The van der Waals surface area contributed by atoms with Gasteiger partial charge >= 0.3 is 0 Å². The van der Waals surface area contributed by atoms with Crippen molar-refractivity contribution in [2.45, 2.75) is 5.41 Å². The van der Waals surface area contributed by atoms with E-state index in [1.54, 1.807) is 0 Å². The maximum atomic E-state index is 2.41. The van der Waals surface area contributed by atoms with Crippen LogP contribution in [0.15, 0.2) is 224 Å². The summed E-state index contributed by atoms with van der Waals surface area (Å²) >= 11 is 0. The summed E-state index contributed by atoms with van der Waals surface area (Å²) in [4.78, 5) is 2.41. The van der Waals surface area contributed by atoms with Crippen molar-refractivity contribution in [1.82, 2.24) is 0 Å². The van der Waals surface area contributed by atoms with Crippen LogP contribution in [0.25, 0.3) is 66.1 Å². The Balaban J connectivity index is 1.02. The molecule has 0 aromatic heterocycles. The molecule has 10 aromatic rings. The topological polar surface area (TPSA) is 3.24 Å². The fourth-order valence-corrected chi connectivity index (χ4v) is 10.3.